The van der Waals surface area contributed by atoms with Gasteiger partial charge in [0.2, 0.25) is 11.8 Å². The number of nitrogens with zero attached hydrogens (tertiary/aromatic N) is 3. The lowest BCUT2D eigenvalue weighted by atomic mass is 10.1. The maximum atomic E-state index is 12.5. The normalized spacial score (nSPS) is 16.3. The zero-order valence-electron chi connectivity index (χ0n) is 15.8. The van der Waals surface area contributed by atoms with Crippen LogP contribution in [-0.2, 0) is 11.3 Å². The van der Waals surface area contributed by atoms with Crippen LogP contribution >= 0.6 is 11.6 Å². The predicted molar refractivity (Wildman–Crippen MR) is 108 cm³/mol. The highest BCUT2D eigenvalue weighted by molar-refractivity contribution is 6.30. The number of benzene rings is 2. The molecule has 0 bridgehead atoms. The minimum atomic E-state index is -0.217. The highest BCUT2D eigenvalue weighted by Crippen LogP contribution is 2.33. The standard InChI is InChI=1S/C21H19ClN4O3/c1-13-9-16(22)7-8-17(13)26-12-15(10-19(26)27)20-24-18(29-25-20)11-23-21(28)14-5-3-2-4-6-14/h2-9,15H,10-12H2,1H3,(H,23,28). The van der Waals surface area contributed by atoms with Gasteiger partial charge >= 0.3 is 0 Å². The number of aryl methyl sites for hydroxylation is 1. The topological polar surface area (TPSA) is 88.3 Å². The molecule has 8 heteroatoms. The average molecular weight is 411 g/mol. The van der Waals surface area contributed by atoms with Gasteiger partial charge in [-0.25, -0.2) is 0 Å². The summed E-state index contributed by atoms with van der Waals surface area (Å²) in [6.07, 6.45) is 0.303. The van der Waals surface area contributed by atoms with Crippen LogP contribution < -0.4 is 10.2 Å². The number of rotatable bonds is 5. The van der Waals surface area contributed by atoms with Crippen molar-refractivity contribution in [2.24, 2.45) is 0 Å². The average Bonchev–Trinajstić information content (AvgIpc) is 3.34. The molecule has 3 aromatic rings. The monoisotopic (exact) mass is 410 g/mol. The first-order chi connectivity index (χ1) is 14.0. The molecule has 2 heterocycles. The molecule has 1 fully saturated rings. The van der Waals surface area contributed by atoms with Gasteiger partial charge < -0.3 is 14.7 Å². The van der Waals surface area contributed by atoms with Crippen LogP contribution in [0.4, 0.5) is 5.69 Å². The number of anilines is 1. The second kappa shape index (κ2) is 8.05. The molecule has 0 aliphatic carbocycles. The first-order valence-corrected chi connectivity index (χ1v) is 9.61. The summed E-state index contributed by atoms with van der Waals surface area (Å²) in [6.45, 7) is 2.52. The van der Waals surface area contributed by atoms with E-state index in [0.29, 0.717) is 35.3 Å². The van der Waals surface area contributed by atoms with Crippen molar-refractivity contribution in [3.63, 3.8) is 0 Å². The van der Waals surface area contributed by atoms with Gasteiger partial charge in [0.05, 0.1) is 6.54 Å². The van der Waals surface area contributed by atoms with Crippen LogP contribution in [-0.4, -0.2) is 28.5 Å². The van der Waals surface area contributed by atoms with Gasteiger partial charge in [-0.15, -0.1) is 0 Å². The van der Waals surface area contributed by atoms with Crippen LogP contribution in [0.15, 0.2) is 53.1 Å². The van der Waals surface area contributed by atoms with Crippen molar-refractivity contribution in [2.45, 2.75) is 25.8 Å². The van der Waals surface area contributed by atoms with Crippen molar-refractivity contribution in [3.05, 3.63) is 76.4 Å². The molecule has 1 N–H and O–H groups in total. The van der Waals surface area contributed by atoms with Gasteiger partial charge in [-0.2, -0.15) is 4.98 Å². The molecule has 4 rings (SSSR count). The van der Waals surface area contributed by atoms with Crippen molar-refractivity contribution in [1.29, 1.82) is 0 Å². The van der Waals surface area contributed by atoms with Gasteiger partial charge in [-0.3, -0.25) is 9.59 Å². The Bertz CT molecular complexity index is 1050. The summed E-state index contributed by atoms with van der Waals surface area (Å²) in [5.41, 5.74) is 2.33. The molecule has 0 radical (unpaired) electrons. The summed E-state index contributed by atoms with van der Waals surface area (Å²) in [7, 11) is 0. The summed E-state index contributed by atoms with van der Waals surface area (Å²) in [4.78, 5) is 30.7. The summed E-state index contributed by atoms with van der Waals surface area (Å²) >= 11 is 6.01. The SMILES string of the molecule is Cc1cc(Cl)ccc1N1CC(c2noc(CNC(=O)c3ccccc3)n2)CC1=O. The lowest BCUT2D eigenvalue weighted by Crippen LogP contribution is -2.25. The van der Waals surface area contributed by atoms with Crippen LogP contribution in [0.3, 0.4) is 0 Å². The Morgan fingerprint density at radius 1 is 1.28 bits per heavy atom. The number of carbonyl (C=O) groups excluding carboxylic acids is 2. The molecule has 1 aliphatic rings. The molecule has 1 saturated heterocycles. The smallest absolute Gasteiger partial charge is 0.251 e. The summed E-state index contributed by atoms with van der Waals surface area (Å²) in [6, 6.07) is 14.3. The number of nitrogens with one attached hydrogen (secondary N) is 1. The van der Waals surface area contributed by atoms with E-state index in [2.05, 4.69) is 15.5 Å². The van der Waals surface area contributed by atoms with Crippen LogP contribution in [0, 0.1) is 6.92 Å². The quantitative estimate of drug-likeness (QED) is 0.695. The Labute approximate surface area is 172 Å². The first-order valence-electron chi connectivity index (χ1n) is 9.23. The highest BCUT2D eigenvalue weighted by atomic mass is 35.5. The zero-order valence-corrected chi connectivity index (χ0v) is 16.5. The third kappa shape index (κ3) is 4.14. The molecular weight excluding hydrogens is 392 g/mol. The number of hydrogen-bond donors (Lipinski definition) is 1. The molecule has 2 aromatic carbocycles. The third-order valence-corrected chi connectivity index (χ3v) is 5.09. The van der Waals surface area contributed by atoms with E-state index in [9.17, 15) is 9.59 Å². The van der Waals surface area contributed by atoms with Crippen LogP contribution in [0.2, 0.25) is 5.02 Å². The Hall–Kier alpha value is -3.19. The fraction of sp³-hybridized carbons (Fsp3) is 0.238. The van der Waals surface area contributed by atoms with E-state index in [1.54, 1.807) is 35.2 Å². The molecule has 2 amide bonds. The molecule has 0 saturated carbocycles. The fourth-order valence-electron chi connectivity index (χ4n) is 3.39. The van der Waals surface area contributed by atoms with E-state index in [0.717, 1.165) is 11.3 Å². The van der Waals surface area contributed by atoms with Gasteiger partial charge in [-0.1, -0.05) is 35.0 Å². The molecular formula is C21H19ClN4O3. The maximum absolute atomic E-state index is 12.5. The molecule has 7 nitrogen and oxygen atoms in total. The number of carbonyl (C=O) groups is 2. The van der Waals surface area contributed by atoms with Crippen LogP contribution in [0.25, 0.3) is 0 Å². The minimum absolute atomic E-state index is 0.00385. The highest BCUT2D eigenvalue weighted by Gasteiger charge is 2.35. The Morgan fingerprint density at radius 2 is 2.07 bits per heavy atom. The first kappa shape index (κ1) is 19.1. The molecule has 29 heavy (non-hydrogen) atoms. The van der Waals surface area contributed by atoms with E-state index in [-0.39, 0.29) is 24.3 Å². The van der Waals surface area contributed by atoms with E-state index in [1.165, 1.54) is 0 Å². The van der Waals surface area contributed by atoms with E-state index in [1.807, 2.05) is 25.1 Å². The number of halogens is 1. The van der Waals surface area contributed by atoms with Gasteiger partial charge in [0.15, 0.2) is 5.82 Å². The van der Waals surface area contributed by atoms with Crippen molar-refractivity contribution >= 4 is 29.1 Å². The van der Waals surface area contributed by atoms with Crippen molar-refractivity contribution in [1.82, 2.24) is 15.5 Å². The molecule has 1 aliphatic heterocycles. The Balaban J connectivity index is 1.41. The van der Waals surface area contributed by atoms with Gasteiger partial charge in [-0.05, 0) is 42.8 Å². The number of aromatic nitrogens is 2. The Kier molecular flexibility index (Phi) is 5.31. The maximum Gasteiger partial charge on any atom is 0.251 e. The summed E-state index contributed by atoms with van der Waals surface area (Å²) < 4.78 is 5.26. The second-order valence-electron chi connectivity index (χ2n) is 6.93. The van der Waals surface area contributed by atoms with E-state index < -0.39 is 0 Å². The molecule has 148 valence electrons. The second-order valence-corrected chi connectivity index (χ2v) is 7.37. The van der Waals surface area contributed by atoms with Gasteiger partial charge in [0, 0.05) is 35.2 Å². The number of hydrogen-bond acceptors (Lipinski definition) is 5. The van der Waals surface area contributed by atoms with Gasteiger partial charge in [0.1, 0.15) is 0 Å². The number of amides is 2. The zero-order chi connectivity index (χ0) is 20.4. The third-order valence-electron chi connectivity index (χ3n) is 4.86. The Morgan fingerprint density at radius 3 is 2.83 bits per heavy atom. The van der Waals surface area contributed by atoms with Crippen LogP contribution in [0.5, 0.6) is 0 Å². The fourth-order valence-corrected chi connectivity index (χ4v) is 3.61. The predicted octanol–water partition coefficient (Wildman–Crippen LogP) is 3.48. The molecule has 1 atom stereocenters. The minimum Gasteiger partial charge on any atom is -0.343 e. The van der Waals surface area contributed by atoms with E-state index >= 15 is 0 Å². The summed E-state index contributed by atoms with van der Waals surface area (Å²) in [5.74, 6) is 0.393. The van der Waals surface area contributed by atoms with E-state index in [4.69, 9.17) is 16.1 Å². The van der Waals surface area contributed by atoms with Crippen LogP contribution in [0.1, 0.15) is 40.0 Å². The van der Waals surface area contributed by atoms with Crippen molar-refractivity contribution in [2.75, 3.05) is 11.4 Å². The lowest BCUT2D eigenvalue weighted by Gasteiger charge is -2.18. The summed E-state index contributed by atoms with van der Waals surface area (Å²) in [5, 5.41) is 7.39. The molecule has 0 spiro atoms. The lowest BCUT2D eigenvalue weighted by molar-refractivity contribution is -0.117. The largest absolute Gasteiger partial charge is 0.343 e. The molecule has 1 unspecified atom stereocenters. The van der Waals surface area contributed by atoms with Crippen molar-refractivity contribution < 1.29 is 14.1 Å². The van der Waals surface area contributed by atoms with Gasteiger partial charge in [0.25, 0.3) is 5.91 Å². The van der Waals surface area contributed by atoms with Crippen molar-refractivity contribution in [3.8, 4) is 0 Å². The molecule has 1 aromatic heterocycles.